The lowest BCUT2D eigenvalue weighted by molar-refractivity contribution is -0.141. The third-order valence-corrected chi connectivity index (χ3v) is 5.47. The van der Waals surface area contributed by atoms with Gasteiger partial charge in [0.15, 0.2) is 0 Å². The van der Waals surface area contributed by atoms with Gasteiger partial charge in [0.05, 0.1) is 18.1 Å². The van der Waals surface area contributed by atoms with Gasteiger partial charge in [-0.25, -0.2) is 18.4 Å². The first kappa shape index (κ1) is 20.1. The zero-order chi connectivity index (χ0) is 20.5. The van der Waals surface area contributed by atoms with Crippen LogP contribution in [0.2, 0.25) is 0 Å². The molecule has 0 spiro atoms. The average Bonchev–Trinajstić information content (AvgIpc) is 3.21. The molecule has 150 valence electrons. The second kappa shape index (κ2) is 7.42. The van der Waals surface area contributed by atoms with Gasteiger partial charge in [-0.15, -0.1) is 0 Å². The molecule has 0 atom stereocenters. The maximum absolute atomic E-state index is 13.1. The number of hydrogen-bond acceptors (Lipinski definition) is 5. The van der Waals surface area contributed by atoms with Crippen molar-refractivity contribution in [2.24, 2.45) is 0 Å². The van der Waals surface area contributed by atoms with Gasteiger partial charge in [0.2, 0.25) is 20.9 Å². The zero-order valence-electron chi connectivity index (χ0n) is 15.1. The van der Waals surface area contributed by atoms with Crippen LogP contribution in [0.5, 0.6) is 0 Å². The van der Waals surface area contributed by atoms with Crippen LogP contribution in [0, 0.1) is 0 Å². The van der Waals surface area contributed by atoms with E-state index in [0.717, 1.165) is 6.20 Å². The molecule has 10 heteroatoms. The summed E-state index contributed by atoms with van der Waals surface area (Å²) in [5, 5.41) is -0.673. The maximum Gasteiger partial charge on any atom is 0.406 e. The summed E-state index contributed by atoms with van der Waals surface area (Å²) in [7, 11) is -4.22. The number of alkyl halides is 3. The van der Waals surface area contributed by atoms with Crippen LogP contribution in [0.25, 0.3) is 11.3 Å². The molecule has 0 N–H and O–H groups in total. The Morgan fingerprint density at radius 2 is 1.79 bits per heavy atom. The van der Waals surface area contributed by atoms with Gasteiger partial charge in [0, 0.05) is 5.92 Å². The van der Waals surface area contributed by atoms with Gasteiger partial charge < -0.3 is 8.98 Å². The van der Waals surface area contributed by atoms with Crippen molar-refractivity contribution in [3.63, 3.8) is 0 Å². The summed E-state index contributed by atoms with van der Waals surface area (Å²) in [4.78, 5) is 7.70. The molecular formula is C18H18F3N3O3S. The molecule has 0 saturated carbocycles. The number of rotatable bonds is 6. The lowest BCUT2D eigenvalue weighted by atomic mass is 10.2. The Labute approximate surface area is 160 Å². The summed E-state index contributed by atoms with van der Waals surface area (Å²) in [6.07, 6.45) is -2.08. The minimum absolute atomic E-state index is 0.000790. The van der Waals surface area contributed by atoms with E-state index in [2.05, 4.69) is 9.97 Å². The molecule has 1 aromatic carbocycles. The number of benzene rings is 1. The van der Waals surface area contributed by atoms with Gasteiger partial charge in [-0.1, -0.05) is 44.2 Å². The van der Waals surface area contributed by atoms with E-state index in [1.807, 2.05) is 13.8 Å². The van der Waals surface area contributed by atoms with Crippen molar-refractivity contribution >= 4 is 9.84 Å². The quantitative estimate of drug-likeness (QED) is 0.605. The standard InChI is InChI=1S/C18H18F3N3O3S/c1-12(2)15-9-22-16(27-15)10-28(25,26)17-23-8-14(13-6-4-3-5-7-13)24(17)11-18(19,20)21/h3-9,12H,10-11H2,1-2H3. The smallest absolute Gasteiger partial charge is 0.406 e. The Bertz CT molecular complexity index is 1050. The molecule has 0 saturated heterocycles. The van der Waals surface area contributed by atoms with E-state index >= 15 is 0 Å². The summed E-state index contributed by atoms with van der Waals surface area (Å²) < 4.78 is 71.0. The fourth-order valence-electron chi connectivity index (χ4n) is 2.66. The van der Waals surface area contributed by atoms with Crippen molar-refractivity contribution < 1.29 is 26.0 Å². The van der Waals surface area contributed by atoms with Gasteiger partial charge in [0.25, 0.3) is 0 Å². The second-order valence-corrected chi connectivity index (χ2v) is 8.45. The van der Waals surface area contributed by atoms with Gasteiger partial charge in [-0.05, 0) is 5.56 Å². The molecule has 0 aliphatic carbocycles. The number of sulfone groups is 1. The van der Waals surface area contributed by atoms with Crippen molar-refractivity contribution in [1.29, 1.82) is 0 Å². The highest BCUT2D eigenvalue weighted by molar-refractivity contribution is 7.90. The molecule has 0 amide bonds. The number of aromatic nitrogens is 3. The normalized spacial score (nSPS) is 12.6. The van der Waals surface area contributed by atoms with Crippen LogP contribution in [0.15, 0.2) is 52.3 Å². The lowest BCUT2D eigenvalue weighted by Gasteiger charge is -2.14. The van der Waals surface area contributed by atoms with Crippen molar-refractivity contribution in [2.45, 2.75) is 43.4 Å². The van der Waals surface area contributed by atoms with Crippen LogP contribution in [-0.4, -0.2) is 29.1 Å². The van der Waals surface area contributed by atoms with E-state index in [9.17, 15) is 21.6 Å². The highest BCUT2D eigenvalue weighted by Gasteiger charge is 2.34. The van der Waals surface area contributed by atoms with E-state index in [4.69, 9.17) is 4.42 Å². The molecule has 0 unspecified atom stereocenters. The van der Waals surface area contributed by atoms with Crippen LogP contribution in [0.3, 0.4) is 0 Å². The molecule has 0 radical (unpaired) electrons. The van der Waals surface area contributed by atoms with Crippen molar-refractivity contribution in [3.8, 4) is 11.3 Å². The largest absolute Gasteiger partial charge is 0.444 e. The number of oxazole rings is 1. The first-order chi connectivity index (χ1) is 13.1. The fourth-order valence-corrected chi connectivity index (χ4v) is 3.96. The lowest BCUT2D eigenvalue weighted by Crippen LogP contribution is -2.22. The highest BCUT2D eigenvalue weighted by Crippen LogP contribution is 2.29. The van der Waals surface area contributed by atoms with E-state index in [-0.39, 0.29) is 17.5 Å². The monoisotopic (exact) mass is 413 g/mol. The Balaban J connectivity index is 2.03. The number of nitrogens with zero attached hydrogens (tertiary/aromatic N) is 3. The van der Waals surface area contributed by atoms with Gasteiger partial charge >= 0.3 is 6.18 Å². The van der Waals surface area contributed by atoms with Crippen LogP contribution < -0.4 is 0 Å². The minimum atomic E-state index is -4.62. The third-order valence-electron chi connectivity index (χ3n) is 3.96. The molecule has 28 heavy (non-hydrogen) atoms. The average molecular weight is 413 g/mol. The molecule has 0 aliphatic heterocycles. The summed E-state index contributed by atoms with van der Waals surface area (Å²) >= 11 is 0. The first-order valence-corrected chi connectivity index (χ1v) is 10.1. The highest BCUT2D eigenvalue weighted by atomic mass is 32.2. The summed E-state index contributed by atoms with van der Waals surface area (Å²) in [6, 6.07) is 8.18. The van der Waals surface area contributed by atoms with E-state index < -0.39 is 33.5 Å². The molecule has 3 aromatic rings. The Kier molecular flexibility index (Phi) is 5.33. The van der Waals surface area contributed by atoms with Crippen molar-refractivity contribution in [1.82, 2.24) is 14.5 Å². The first-order valence-electron chi connectivity index (χ1n) is 8.42. The zero-order valence-corrected chi connectivity index (χ0v) is 16.0. The molecular weight excluding hydrogens is 395 g/mol. The van der Waals surface area contributed by atoms with E-state index in [1.54, 1.807) is 30.3 Å². The molecule has 2 aromatic heterocycles. The SMILES string of the molecule is CC(C)c1cnc(CS(=O)(=O)c2ncc(-c3ccccc3)n2CC(F)(F)F)o1. The van der Waals surface area contributed by atoms with Gasteiger partial charge in [-0.3, -0.25) is 0 Å². The maximum atomic E-state index is 13.1. The Morgan fingerprint density at radius 1 is 1.11 bits per heavy atom. The molecule has 0 aliphatic rings. The Hall–Kier alpha value is -2.62. The number of imidazole rings is 1. The number of hydrogen-bond donors (Lipinski definition) is 0. The summed E-state index contributed by atoms with van der Waals surface area (Å²) in [5.74, 6) is -0.274. The van der Waals surface area contributed by atoms with Crippen molar-refractivity contribution in [2.75, 3.05) is 0 Å². The summed E-state index contributed by atoms with van der Waals surface area (Å²) in [6.45, 7) is 2.22. The second-order valence-electron chi connectivity index (χ2n) is 6.56. The molecule has 3 rings (SSSR count). The third kappa shape index (κ3) is 4.44. The molecule has 0 fully saturated rings. The van der Waals surface area contributed by atoms with E-state index in [0.29, 0.717) is 15.9 Å². The number of halogens is 3. The molecule has 2 heterocycles. The predicted molar refractivity (Wildman–Crippen MR) is 95.2 cm³/mol. The van der Waals surface area contributed by atoms with Crippen LogP contribution in [0.4, 0.5) is 13.2 Å². The summed E-state index contributed by atoms with van der Waals surface area (Å²) in [5.41, 5.74) is 0.491. The van der Waals surface area contributed by atoms with Crippen molar-refractivity contribution in [3.05, 3.63) is 54.4 Å². The van der Waals surface area contributed by atoms with Crippen LogP contribution in [-0.2, 0) is 22.1 Å². The fraction of sp³-hybridized carbons (Fsp3) is 0.333. The van der Waals surface area contributed by atoms with Crippen LogP contribution in [0.1, 0.15) is 31.4 Å². The van der Waals surface area contributed by atoms with E-state index in [1.165, 1.54) is 6.20 Å². The predicted octanol–water partition coefficient (Wildman–Crippen LogP) is 4.20. The molecule has 6 nitrogen and oxygen atoms in total. The topological polar surface area (TPSA) is 78.0 Å². The molecule has 0 bridgehead atoms. The van der Waals surface area contributed by atoms with Crippen LogP contribution >= 0.6 is 0 Å². The van der Waals surface area contributed by atoms with Gasteiger partial charge in [0.1, 0.15) is 18.1 Å². The Morgan fingerprint density at radius 3 is 2.36 bits per heavy atom. The van der Waals surface area contributed by atoms with Gasteiger partial charge in [-0.2, -0.15) is 13.2 Å². The minimum Gasteiger partial charge on any atom is -0.444 e.